The van der Waals surface area contributed by atoms with E-state index in [0.717, 1.165) is 38.5 Å². The first kappa shape index (κ1) is 52.2. The monoisotopic (exact) mass is 790 g/mol. The molecule has 318 valence electrons. The molecule has 0 saturated heterocycles. The van der Waals surface area contributed by atoms with Gasteiger partial charge in [-0.05, 0) is 19.8 Å². The number of amides is 1. The van der Waals surface area contributed by atoms with Crippen LogP contribution in [0, 0.1) is 0 Å². The van der Waals surface area contributed by atoms with Crippen LogP contribution in [0.15, 0.2) is 0 Å². The molecule has 11 nitrogen and oxygen atoms in total. The van der Waals surface area contributed by atoms with Gasteiger partial charge in [0.25, 0.3) is 0 Å². The highest BCUT2D eigenvalue weighted by atomic mass is 31.2. The molecule has 0 aliphatic heterocycles. The van der Waals surface area contributed by atoms with Crippen molar-refractivity contribution in [3.05, 3.63) is 0 Å². The number of nitrogens with one attached hydrogen (secondary N) is 1. The molecule has 0 heterocycles. The summed E-state index contributed by atoms with van der Waals surface area (Å²) in [6.07, 6.45) is 30.5. The van der Waals surface area contributed by atoms with Crippen LogP contribution in [0.2, 0.25) is 0 Å². The van der Waals surface area contributed by atoms with Gasteiger partial charge in [-0.1, -0.05) is 168 Å². The summed E-state index contributed by atoms with van der Waals surface area (Å²) in [6.45, 7) is 4.71. The van der Waals surface area contributed by atoms with Gasteiger partial charge in [0.1, 0.15) is 25.1 Å². The van der Waals surface area contributed by atoms with Crippen LogP contribution in [-0.2, 0) is 42.3 Å². The standard InChI is InChI=1S/C42H80NO10P/c1-4-6-8-10-12-14-16-18-20-22-24-26-28-30-41(46)50-36-39(53-54(48,49)52-35-34-43-40(45)33-32-38(3)44)37-51-42(47)31-29-27-25-23-21-19-17-15-13-11-9-7-5-2/h39H,4-37H2,1-3H3,(H,43,45)(H,48,49). The zero-order chi connectivity index (χ0) is 40.0. The molecule has 0 aromatic heterocycles. The lowest BCUT2D eigenvalue weighted by Gasteiger charge is -2.21. The predicted molar refractivity (Wildman–Crippen MR) is 216 cm³/mol. The normalized spacial score (nSPS) is 12.5. The molecular formula is C42H80NO10P. The van der Waals surface area contributed by atoms with Gasteiger partial charge in [0.05, 0.1) is 6.61 Å². The Morgan fingerprint density at radius 1 is 0.537 bits per heavy atom. The second-order valence-electron chi connectivity index (χ2n) is 14.9. The van der Waals surface area contributed by atoms with Crippen molar-refractivity contribution in [3.63, 3.8) is 0 Å². The van der Waals surface area contributed by atoms with Crippen LogP contribution in [-0.4, -0.2) is 61.0 Å². The van der Waals surface area contributed by atoms with E-state index in [1.165, 1.54) is 122 Å². The number of ketones is 1. The average molecular weight is 790 g/mol. The van der Waals surface area contributed by atoms with E-state index in [4.69, 9.17) is 18.5 Å². The summed E-state index contributed by atoms with van der Waals surface area (Å²) < 4.78 is 33.6. The third-order valence-corrected chi connectivity index (χ3v) is 10.6. The highest BCUT2D eigenvalue weighted by Crippen LogP contribution is 2.44. The van der Waals surface area contributed by atoms with E-state index in [0.29, 0.717) is 12.8 Å². The molecule has 12 heteroatoms. The largest absolute Gasteiger partial charge is 0.472 e. The summed E-state index contributed by atoms with van der Waals surface area (Å²) in [5, 5.41) is 2.50. The van der Waals surface area contributed by atoms with Crippen LogP contribution >= 0.6 is 7.82 Å². The second-order valence-corrected chi connectivity index (χ2v) is 16.3. The highest BCUT2D eigenvalue weighted by Gasteiger charge is 2.29. The summed E-state index contributed by atoms with van der Waals surface area (Å²) in [7, 11) is -4.65. The Kier molecular flexibility index (Phi) is 36.8. The Morgan fingerprint density at radius 2 is 0.889 bits per heavy atom. The molecule has 0 aromatic carbocycles. The minimum Gasteiger partial charge on any atom is -0.463 e. The van der Waals surface area contributed by atoms with Gasteiger partial charge in [-0.25, -0.2) is 4.57 Å². The quantitative estimate of drug-likeness (QED) is 0.0347. The van der Waals surface area contributed by atoms with E-state index in [1.54, 1.807) is 0 Å². The van der Waals surface area contributed by atoms with E-state index in [2.05, 4.69) is 19.2 Å². The highest BCUT2D eigenvalue weighted by molar-refractivity contribution is 7.47. The lowest BCUT2D eigenvalue weighted by atomic mass is 10.0. The molecule has 54 heavy (non-hydrogen) atoms. The van der Waals surface area contributed by atoms with E-state index < -0.39 is 25.9 Å². The first-order valence-electron chi connectivity index (χ1n) is 21.8. The number of ether oxygens (including phenoxy) is 2. The molecule has 0 saturated carbocycles. The number of hydrogen-bond donors (Lipinski definition) is 2. The van der Waals surface area contributed by atoms with Crippen molar-refractivity contribution in [2.24, 2.45) is 0 Å². The summed E-state index contributed by atoms with van der Waals surface area (Å²) in [4.78, 5) is 58.1. The number of phosphoric ester groups is 1. The van der Waals surface area contributed by atoms with Gasteiger partial charge in [0.2, 0.25) is 5.91 Å². The van der Waals surface area contributed by atoms with Crippen LogP contribution in [0.3, 0.4) is 0 Å². The maximum atomic E-state index is 12.7. The SMILES string of the molecule is CCCCCCCCCCCCCCCC(=O)OCC(COC(=O)CCCCCCCCCCCCCCC)OP(=O)(O)OCCNC(=O)CCC(C)=O. The van der Waals surface area contributed by atoms with E-state index >= 15 is 0 Å². The molecule has 1 amide bonds. The van der Waals surface area contributed by atoms with Crippen molar-refractivity contribution >= 4 is 31.5 Å². The van der Waals surface area contributed by atoms with Crippen LogP contribution in [0.5, 0.6) is 0 Å². The molecule has 0 rings (SSSR count). The first-order valence-corrected chi connectivity index (χ1v) is 23.3. The molecule has 0 bridgehead atoms. The van der Waals surface area contributed by atoms with Crippen molar-refractivity contribution in [2.75, 3.05) is 26.4 Å². The third-order valence-electron chi connectivity index (χ3n) is 9.49. The van der Waals surface area contributed by atoms with Gasteiger partial charge in [0, 0.05) is 32.2 Å². The zero-order valence-corrected chi connectivity index (χ0v) is 35.6. The van der Waals surface area contributed by atoms with E-state index in [-0.39, 0.29) is 63.7 Å². The van der Waals surface area contributed by atoms with Crippen molar-refractivity contribution in [1.29, 1.82) is 0 Å². The van der Waals surface area contributed by atoms with Crippen molar-refractivity contribution in [2.45, 2.75) is 219 Å². The fourth-order valence-electron chi connectivity index (χ4n) is 6.15. The molecule has 0 aliphatic carbocycles. The van der Waals surface area contributed by atoms with Gasteiger partial charge in [-0.2, -0.15) is 0 Å². The minimum absolute atomic E-state index is 0.0139. The Balaban J connectivity index is 4.48. The zero-order valence-electron chi connectivity index (χ0n) is 34.7. The van der Waals surface area contributed by atoms with E-state index in [1.807, 2.05) is 0 Å². The van der Waals surface area contributed by atoms with Gasteiger partial charge < -0.3 is 24.5 Å². The maximum absolute atomic E-state index is 12.7. The topological polar surface area (TPSA) is 155 Å². The van der Waals surface area contributed by atoms with E-state index in [9.17, 15) is 28.6 Å². The Hall–Kier alpha value is -1.81. The summed E-state index contributed by atoms with van der Waals surface area (Å²) in [6, 6.07) is 0. The summed E-state index contributed by atoms with van der Waals surface area (Å²) in [5.74, 6) is -1.40. The van der Waals surface area contributed by atoms with Crippen molar-refractivity contribution in [1.82, 2.24) is 5.32 Å². The lowest BCUT2D eigenvalue weighted by Crippen LogP contribution is -2.29. The van der Waals surface area contributed by atoms with Crippen LogP contribution in [0.1, 0.15) is 213 Å². The average Bonchev–Trinajstić information content (AvgIpc) is 3.14. The van der Waals surface area contributed by atoms with Gasteiger partial charge in [-0.3, -0.25) is 23.4 Å². The Morgan fingerprint density at radius 3 is 1.24 bits per heavy atom. The van der Waals surface area contributed by atoms with Crippen LogP contribution in [0.4, 0.5) is 0 Å². The number of Topliss-reactive ketones (excluding diaryl/α,β-unsaturated/α-hetero) is 1. The number of phosphoric acid groups is 1. The smallest absolute Gasteiger partial charge is 0.463 e. The second kappa shape index (κ2) is 38.1. The molecule has 0 aromatic rings. The van der Waals surface area contributed by atoms with Crippen molar-refractivity contribution < 1.29 is 47.2 Å². The molecule has 0 radical (unpaired) electrons. The first-order chi connectivity index (χ1) is 26.1. The number of carbonyl (C=O) groups excluding carboxylic acids is 4. The third kappa shape index (κ3) is 38.5. The molecule has 1 atom stereocenters. The summed E-state index contributed by atoms with van der Waals surface area (Å²) in [5.41, 5.74) is 0. The van der Waals surface area contributed by atoms with Gasteiger partial charge in [0.15, 0.2) is 0 Å². The molecule has 1 unspecified atom stereocenters. The molecule has 2 N–H and O–H groups in total. The van der Waals surface area contributed by atoms with Crippen LogP contribution in [0.25, 0.3) is 0 Å². The number of unbranched alkanes of at least 4 members (excludes halogenated alkanes) is 24. The molecular weight excluding hydrogens is 709 g/mol. The molecule has 0 fully saturated rings. The Bertz CT molecular complexity index is 933. The number of carbonyl (C=O) groups is 4. The minimum atomic E-state index is -4.65. The van der Waals surface area contributed by atoms with Gasteiger partial charge >= 0.3 is 19.8 Å². The lowest BCUT2D eigenvalue weighted by molar-refractivity contribution is -0.152. The fourth-order valence-corrected chi connectivity index (χ4v) is 7.03. The fraction of sp³-hybridized carbons (Fsp3) is 0.905. The predicted octanol–water partition coefficient (Wildman–Crippen LogP) is 11.0. The van der Waals surface area contributed by atoms with Crippen LogP contribution < -0.4 is 5.32 Å². The Labute approximate surface area is 329 Å². The van der Waals surface area contributed by atoms with Gasteiger partial charge in [-0.15, -0.1) is 0 Å². The molecule has 0 aliphatic rings. The maximum Gasteiger partial charge on any atom is 0.472 e. The summed E-state index contributed by atoms with van der Waals surface area (Å²) >= 11 is 0. The number of hydrogen-bond acceptors (Lipinski definition) is 9. The van der Waals surface area contributed by atoms with Crippen molar-refractivity contribution in [3.8, 4) is 0 Å². The number of esters is 2. The number of rotatable bonds is 41. The molecule has 0 spiro atoms.